The Morgan fingerprint density at radius 2 is 1.90 bits per heavy atom. The van der Waals surface area contributed by atoms with E-state index < -0.39 is 22.5 Å². The van der Waals surface area contributed by atoms with Gasteiger partial charge in [0.05, 0.1) is 24.1 Å². The van der Waals surface area contributed by atoms with E-state index in [4.69, 9.17) is 4.74 Å². The number of rotatable bonds is 10. The van der Waals surface area contributed by atoms with E-state index in [0.29, 0.717) is 6.61 Å². The highest BCUT2D eigenvalue weighted by atomic mass is 32.2. The van der Waals surface area contributed by atoms with Gasteiger partial charge in [0.2, 0.25) is 21.8 Å². The molecule has 30 heavy (non-hydrogen) atoms. The van der Waals surface area contributed by atoms with E-state index in [-0.39, 0.29) is 35.5 Å². The van der Waals surface area contributed by atoms with E-state index in [1.165, 1.54) is 17.0 Å². The number of nitrogens with zero attached hydrogens (tertiary/aromatic N) is 1. The minimum absolute atomic E-state index is 0.0917. The molecule has 1 aliphatic heterocycles. The molecule has 0 aliphatic carbocycles. The number of carbonyl (C=O) groups is 2. The number of nitrogens with one attached hydrogen (secondary N) is 2. The molecule has 1 unspecified atom stereocenters. The van der Waals surface area contributed by atoms with Gasteiger partial charge in [-0.3, -0.25) is 9.59 Å². The van der Waals surface area contributed by atoms with Crippen molar-refractivity contribution in [1.29, 1.82) is 0 Å². The number of hydrogen-bond donors (Lipinski definition) is 2. The number of hydrogen-bond acceptors (Lipinski definition) is 5. The van der Waals surface area contributed by atoms with Gasteiger partial charge in [-0.1, -0.05) is 24.6 Å². The van der Waals surface area contributed by atoms with Crippen LogP contribution in [0.25, 0.3) is 0 Å². The SMILES string of the molecule is CCC(C)(C)NC(=O)CN(CC1CCCO1)C(=O)CNS(=O)(=O)c1ccc(C)cc1. The van der Waals surface area contributed by atoms with E-state index in [1.807, 2.05) is 27.7 Å². The van der Waals surface area contributed by atoms with Crippen LogP contribution >= 0.6 is 0 Å². The number of aryl methyl sites for hydroxylation is 1. The van der Waals surface area contributed by atoms with Gasteiger partial charge in [0.15, 0.2) is 0 Å². The summed E-state index contributed by atoms with van der Waals surface area (Å²) in [5, 5.41) is 2.91. The highest BCUT2D eigenvalue weighted by Gasteiger charge is 2.27. The van der Waals surface area contributed by atoms with Crippen LogP contribution in [0.3, 0.4) is 0 Å². The molecule has 2 N–H and O–H groups in total. The van der Waals surface area contributed by atoms with Gasteiger partial charge in [-0.15, -0.1) is 0 Å². The first-order chi connectivity index (χ1) is 14.0. The lowest BCUT2D eigenvalue weighted by molar-refractivity contribution is -0.137. The van der Waals surface area contributed by atoms with Crippen LogP contribution in [-0.2, 0) is 24.3 Å². The second-order valence-corrected chi connectivity index (χ2v) is 10.1. The topological polar surface area (TPSA) is 105 Å². The number of amides is 2. The Morgan fingerprint density at radius 1 is 1.23 bits per heavy atom. The second kappa shape index (κ2) is 10.4. The fraction of sp³-hybridized carbons (Fsp3) is 0.619. The van der Waals surface area contributed by atoms with Crippen LogP contribution in [0.5, 0.6) is 0 Å². The zero-order valence-corrected chi connectivity index (χ0v) is 19.0. The Labute approximate surface area is 179 Å². The predicted octanol–water partition coefficient (Wildman–Crippen LogP) is 1.59. The first-order valence-electron chi connectivity index (χ1n) is 10.3. The van der Waals surface area contributed by atoms with Crippen LogP contribution in [0, 0.1) is 6.92 Å². The normalized spacial score (nSPS) is 17.0. The summed E-state index contributed by atoms with van der Waals surface area (Å²) in [5.41, 5.74) is 0.552. The number of ether oxygens (including phenoxy) is 1. The maximum Gasteiger partial charge on any atom is 0.241 e. The third-order valence-corrected chi connectivity index (χ3v) is 6.66. The number of sulfonamides is 1. The van der Waals surface area contributed by atoms with Gasteiger partial charge in [0, 0.05) is 18.7 Å². The van der Waals surface area contributed by atoms with Gasteiger partial charge in [-0.25, -0.2) is 13.1 Å². The van der Waals surface area contributed by atoms with Crippen molar-refractivity contribution in [3.05, 3.63) is 29.8 Å². The summed E-state index contributed by atoms with van der Waals surface area (Å²) in [4.78, 5) is 26.7. The van der Waals surface area contributed by atoms with Gasteiger partial charge in [-0.05, 0) is 52.2 Å². The largest absolute Gasteiger partial charge is 0.376 e. The molecule has 8 nitrogen and oxygen atoms in total. The first kappa shape index (κ1) is 24.3. The molecule has 0 aromatic heterocycles. The molecular formula is C21H33N3O5S. The van der Waals surface area contributed by atoms with Crippen molar-refractivity contribution >= 4 is 21.8 Å². The highest BCUT2D eigenvalue weighted by Crippen LogP contribution is 2.14. The second-order valence-electron chi connectivity index (χ2n) is 8.33. The Morgan fingerprint density at radius 3 is 2.47 bits per heavy atom. The van der Waals surface area contributed by atoms with Crippen molar-refractivity contribution in [2.45, 2.75) is 63.5 Å². The van der Waals surface area contributed by atoms with Crippen LogP contribution in [0.2, 0.25) is 0 Å². The van der Waals surface area contributed by atoms with Crippen LogP contribution < -0.4 is 10.0 Å². The maximum absolute atomic E-state index is 12.8. The van der Waals surface area contributed by atoms with E-state index >= 15 is 0 Å². The highest BCUT2D eigenvalue weighted by molar-refractivity contribution is 7.89. The molecule has 9 heteroatoms. The molecule has 1 aliphatic rings. The average Bonchev–Trinajstić information content (AvgIpc) is 3.18. The molecule has 2 amide bonds. The summed E-state index contributed by atoms with van der Waals surface area (Å²) in [7, 11) is -3.82. The van der Waals surface area contributed by atoms with Crippen molar-refractivity contribution in [3.8, 4) is 0 Å². The standard InChI is InChI=1S/C21H33N3O5S/c1-5-21(3,4)23-19(25)15-24(14-17-7-6-12-29-17)20(26)13-22-30(27,28)18-10-8-16(2)9-11-18/h8-11,17,22H,5-7,12-15H2,1-4H3,(H,23,25). The Balaban J connectivity index is 2.03. The predicted molar refractivity (Wildman–Crippen MR) is 114 cm³/mol. The molecular weight excluding hydrogens is 406 g/mol. The lowest BCUT2D eigenvalue weighted by Gasteiger charge is -2.29. The fourth-order valence-electron chi connectivity index (χ4n) is 3.04. The third kappa shape index (κ3) is 7.37. The van der Waals surface area contributed by atoms with E-state index in [2.05, 4.69) is 10.0 Å². The summed E-state index contributed by atoms with van der Waals surface area (Å²) in [6.07, 6.45) is 2.31. The molecule has 0 radical (unpaired) electrons. The smallest absolute Gasteiger partial charge is 0.241 e. The van der Waals surface area contributed by atoms with Crippen LogP contribution in [0.4, 0.5) is 0 Å². The number of benzene rings is 1. The Hall–Kier alpha value is -1.97. The summed E-state index contributed by atoms with van der Waals surface area (Å²) in [6, 6.07) is 6.37. The van der Waals surface area contributed by atoms with Crippen molar-refractivity contribution in [2.24, 2.45) is 0 Å². The molecule has 2 rings (SSSR count). The van der Waals surface area contributed by atoms with E-state index in [0.717, 1.165) is 24.8 Å². The van der Waals surface area contributed by atoms with Gasteiger partial charge in [0.25, 0.3) is 0 Å². The average molecular weight is 440 g/mol. The minimum Gasteiger partial charge on any atom is -0.376 e. The van der Waals surface area contributed by atoms with Crippen LogP contribution in [0.1, 0.15) is 45.6 Å². The molecule has 1 fully saturated rings. The van der Waals surface area contributed by atoms with E-state index in [1.54, 1.807) is 12.1 Å². The Kier molecular flexibility index (Phi) is 8.40. The minimum atomic E-state index is -3.82. The Bertz CT molecular complexity index is 831. The van der Waals surface area contributed by atoms with Crippen LogP contribution in [0.15, 0.2) is 29.2 Å². The monoisotopic (exact) mass is 439 g/mol. The van der Waals surface area contributed by atoms with Gasteiger partial charge in [-0.2, -0.15) is 0 Å². The van der Waals surface area contributed by atoms with Crippen molar-refractivity contribution in [1.82, 2.24) is 14.9 Å². The molecule has 1 aromatic rings. The summed E-state index contributed by atoms with van der Waals surface area (Å²) in [5.74, 6) is -0.750. The summed E-state index contributed by atoms with van der Waals surface area (Å²) < 4.78 is 32.9. The van der Waals surface area contributed by atoms with E-state index in [9.17, 15) is 18.0 Å². The zero-order valence-electron chi connectivity index (χ0n) is 18.2. The van der Waals surface area contributed by atoms with Gasteiger partial charge >= 0.3 is 0 Å². The third-order valence-electron chi connectivity index (χ3n) is 5.24. The van der Waals surface area contributed by atoms with Gasteiger partial charge in [0.1, 0.15) is 0 Å². The van der Waals surface area contributed by atoms with Crippen LogP contribution in [-0.4, -0.2) is 63.0 Å². The van der Waals surface area contributed by atoms with Crippen molar-refractivity contribution in [3.63, 3.8) is 0 Å². The first-order valence-corrected chi connectivity index (χ1v) is 11.8. The summed E-state index contributed by atoms with van der Waals surface area (Å²) >= 11 is 0. The molecule has 0 spiro atoms. The lowest BCUT2D eigenvalue weighted by atomic mass is 10.0. The van der Waals surface area contributed by atoms with Crippen molar-refractivity contribution in [2.75, 3.05) is 26.2 Å². The molecule has 0 bridgehead atoms. The molecule has 0 saturated carbocycles. The van der Waals surface area contributed by atoms with Crippen molar-refractivity contribution < 1.29 is 22.7 Å². The number of carbonyl (C=O) groups excluding carboxylic acids is 2. The summed E-state index contributed by atoms with van der Waals surface area (Å²) in [6.45, 7) is 7.96. The fourth-order valence-corrected chi connectivity index (χ4v) is 4.01. The molecule has 1 saturated heterocycles. The molecule has 1 aromatic carbocycles. The quantitative estimate of drug-likeness (QED) is 0.576. The molecule has 1 heterocycles. The molecule has 168 valence electrons. The molecule has 1 atom stereocenters. The lowest BCUT2D eigenvalue weighted by Crippen LogP contribution is -2.51. The zero-order chi connectivity index (χ0) is 22.4. The maximum atomic E-state index is 12.8. The van der Waals surface area contributed by atoms with Gasteiger partial charge < -0.3 is 15.0 Å².